The normalized spacial score (nSPS) is 11.9. The Balaban J connectivity index is 2.49. The molecule has 0 atom stereocenters. The molecule has 0 aliphatic heterocycles. The molecule has 2 N–H and O–H groups in total. The lowest BCUT2D eigenvalue weighted by molar-refractivity contribution is 0.242. The molecule has 0 radical (unpaired) electrons. The van der Waals surface area contributed by atoms with E-state index in [4.69, 9.17) is 4.74 Å². The maximum absolute atomic E-state index is 5.64. The largest absolute Gasteiger partial charge is 0.491 e. The maximum Gasteiger partial charge on any atom is 0.191 e. The van der Waals surface area contributed by atoms with Gasteiger partial charge in [0.25, 0.3) is 0 Å². The van der Waals surface area contributed by atoms with Gasteiger partial charge in [-0.15, -0.1) is 0 Å². The Morgan fingerprint density at radius 2 is 1.81 bits per heavy atom. The van der Waals surface area contributed by atoms with E-state index in [1.54, 1.807) is 0 Å². The van der Waals surface area contributed by atoms with E-state index in [0.29, 0.717) is 6.04 Å². The third-order valence-electron chi connectivity index (χ3n) is 2.74. The summed E-state index contributed by atoms with van der Waals surface area (Å²) in [5, 5.41) is 6.57. The van der Waals surface area contributed by atoms with Crippen LogP contribution in [0.2, 0.25) is 0 Å². The molecular formula is C17H29N3O. The predicted molar refractivity (Wildman–Crippen MR) is 90.2 cm³/mol. The van der Waals surface area contributed by atoms with Crippen molar-refractivity contribution in [1.82, 2.24) is 10.6 Å². The van der Waals surface area contributed by atoms with Gasteiger partial charge in [-0.2, -0.15) is 0 Å². The molecule has 0 amide bonds. The van der Waals surface area contributed by atoms with E-state index < -0.39 is 0 Å². The van der Waals surface area contributed by atoms with Crippen LogP contribution in [0.1, 0.15) is 40.2 Å². The average Bonchev–Trinajstić information content (AvgIpc) is 2.39. The van der Waals surface area contributed by atoms with E-state index >= 15 is 0 Å². The van der Waals surface area contributed by atoms with Gasteiger partial charge >= 0.3 is 0 Å². The molecule has 118 valence electrons. The van der Waals surface area contributed by atoms with Crippen molar-refractivity contribution < 1.29 is 4.74 Å². The Bertz CT molecular complexity index is 424. The molecule has 21 heavy (non-hydrogen) atoms. The van der Waals surface area contributed by atoms with Crippen LogP contribution in [0, 0.1) is 0 Å². The quantitative estimate of drug-likeness (QED) is 0.600. The minimum absolute atomic E-state index is 0.213. The first-order chi connectivity index (χ1) is 10.0. The van der Waals surface area contributed by atoms with E-state index in [-0.39, 0.29) is 6.10 Å². The summed E-state index contributed by atoms with van der Waals surface area (Å²) in [5.41, 5.74) is 1.27. The standard InChI is InChI=1S/C17H29N3O/c1-6-18-17(20-13(2)3)19-12-11-15-7-9-16(10-8-15)21-14(4)5/h7-10,13-14H,6,11-12H2,1-5H3,(H2,18,19,20). The van der Waals surface area contributed by atoms with Gasteiger partial charge in [0.05, 0.1) is 6.10 Å². The first-order valence-corrected chi connectivity index (χ1v) is 7.81. The van der Waals surface area contributed by atoms with Crippen molar-refractivity contribution >= 4 is 5.96 Å². The molecule has 0 aliphatic carbocycles. The van der Waals surface area contributed by atoms with Crippen LogP contribution in [0.3, 0.4) is 0 Å². The first-order valence-electron chi connectivity index (χ1n) is 7.81. The Morgan fingerprint density at radius 3 is 2.33 bits per heavy atom. The van der Waals surface area contributed by atoms with Gasteiger partial charge in [-0.3, -0.25) is 4.99 Å². The Morgan fingerprint density at radius 1 is 1.14 bits per heavy atom. The van der Waals surface area contributed by atoms with Crippen molar-refractivity contribution in [3.63, 3.8) is 0 Å². The van der Waals surface area contributed by atoms with E-state index in [0.717, 1.165) is 31.2 Å². The third kappa shape index (κ3) is 7.59. The molecule has 1 aromatic rings. The van der Waals surface area contributed by atoms with Crippen LogP contribution in [0.25, 0.3) is 0 Å². The molecule has 0 aliphatic rings. The van der Waals surface area contributed by atoms with Crippen molar-refractivity contribution in [2.24, 2.45) is 4.99 Å². The SMILES string of the molecule is CCNC(=NCCc1ccc(OC(C)C)cc1)NC(C)C. The molecule has 0 saturated heterocycles. The van der Waals surface area contributed by atoms with Gasteiger partial charge in [0.1, 0.15) is 5.75 Å². The number of guanidine groups is 1. The highest BCUT2D eigenvalue weighted by Crippen LogP contribution is 2.14. The molecule has 1 aromatic carbocycles. The van der Waals surface area contributed by atoms with Crippen molar-refractivity contribution in [3.05, 3.63) is 29.8 Å². The second-order valence-corrected chi connectivity index (χ2v) is 5.62. The number of aliphatic imine (C=N–C) groups is 1. The predicted octanol–water partition coefficient (Wildman–Crippen LogP) is 2.98. The van der Waals surface area contributed by atoms with Crippen LogP contribution in [0.5, 0.6) is 5.75 Å². The number of nitrogens with zero attached hydrogens (tertiary/aromatic N) is 1. The second-order valence-electron chi connectivity index (χ2n) is 5.62. The summed E-state index contributed by atoms with van der Waals surface area (Å²) < 4.78 is 5.64. The molecule has 0 heterocycles. The Hall–Kier alpha value is -1.71. The van der Waals surface area contributed by atoms with Crippen molar-refractivity contribution in [3.8, 4) is 5.75 Å². The van der Waals surface area contributed by atoms with Crippen LogP contribution in [0.4, 0.5) is 0 Å². The van der Waals surface area contributed by atoms with Gasteiger partial charge in [0.2, 0.25) is 0 Å². The highest BCUT2D eigenvalue weighted by Gasteiger charge is 2.00. The fourth-order valence-corrected chi connectivity index (χ4v) is 1.90. The van der Waals surface area contributed by atoms with Crippen LogP contribution in [0.15, 0.2) is 29.3 Å². The highest BCUT2D eigenvalue weighted by molar-refractivity contribution is 5.79. The summed E-state index contributed by atoms with van der Waals surface area (Å²) in [6.45, 7) is 12.0. The monoisotopic (exact) mass is 291 g/mol. The number of nitrogens with one attached hydrogen (secondary N) is 2. The zero-order valence-electron chi connectivity index (χ0n) is 13.9. The molecular weight excluding hydrogens is 262 g/mol. The van der Waals surface area contributed by atoms with Gasteiger partial charge in [-0.25, -0.2) is 0 Å². The van der Waals surface area contributed by atoms with Gasteiger partial charge in [0.15, 0.2) is 5.96 Å². The minimum atomic E-state index is 0.213. The molecule has 4 nitrogen and oxygen atoms in total. The van der Waals surface area contributed by atoms with Crippen molar-refractivity contribution in [1.29, 1.82) is 0 Å². The van der Waals surface area contributed by atoms with Crippen LogP contribution in [-0.2, 0) is 6.42 Å². The minimum Gasteiger partial charge on any atom is -0.491 e. The molecule has 0 bridgehead atoms. The van der Waals surface area contributed by atoms with Gasteiger partial charge < -0.3 is 15.4 Å². The highest BCUT2D eigenvalue weighted by atomic mass is 16.5. The number of benzene rings is 1. The second kappa shape index (κ2) is 9.27. The fourth-order valence-electron chi connectivity index (χ4n) is 1.90. The summed E-state index contributed by atoms with van der Waals surface area (Å²) in [7, 11) is 0. The van der Waals surface area contributed by atoms with Crippen LogP contribution in [-0.4, -0.2) is 31.2 Å². The molecule has 0 saturated carbocycles. The maximum atomic E-state index is 5.64. The van der Waals surface area contributed by atoms with E-state index in [1.165, 1.54) is 5.56 Å². The average molecular weight is 291 g/mol. The van der Waals surface area contributed by atoms with E-state index in [2.05, 4.69) is 48.5 Å². The number of ether oxygens (including phenoxy) is 1. The van der Waals surface area contributed by atoms with Gasteiger partial charge in [-0.05, 0) is 58.7 Å². The molecule has 1 rings (SSSR count). The van der Waals surface area contributed by atoms with E-state index in [1.807, 2.05) is 26.0 Å². The molecule has 0 unspecified atom stereocenters. The summed E-state index contributed by atoms with van der Waals surface area (Å²) >= 11 is 0. The topological polar surface area (TPSA) is 45.7 Å². The summed E-state index contributed by atoms with van der Waals surface area (Å²) in [5.74, 6) is 1.80. The number of rotatable bonds is 7. The molecule has 0 fully saturated rings. The lowest BCUT2D eigenvalue weighted by atomic mass is 10.1. The van der Waals surface area contributed by atoms with Crippen LogP contribution >= 0.6 is 0 Å². The fraction of sp³-hybridized carbons (Fsp3) is 0.588. The lowest BCUT2D eigenvalue weighted by Gasteiger charge is -2.14. The zero-order chi connectivity index (χ0) is 15.7. The van der Waals surface area contributed by atoms with Crippen molar-refractivity contribution in [2.75, 3.05) is 13.1 Å². The van der Waals surface area contributed by atoms with Gasteiger partial charge in [0, 0.05) is 19.1 Å². The number of hydrogen-bond acceptors (Lipinski definition) is 2. The summed E-state index contributed by atoms with van der Waals surface area (Å²) in [6, 6.07) is 8.65. The Labute approximate surface area is 129 Å². The summed E-state index contributed by atoms with van der Waals surface area (Å²) in [6.07, 6.45) is 1.14. The smallest absolute Gasteiger partial charge is 0.191 e. The lowest BCUT2D eigenvalue weighted by Crippen LogP contribution is -2.41. The third-order valence-corrected chi connectivity index (χ3v) is 2.74. The van der Waals surface area contributed by atoms with E-state index in [9.17, 15) is 0 Å². The first kappa shape index (κ1) is 17.3. The Kier molecular flexibility index (Phi) is 7.65. The molecule has 0 spiro atoms. The van der Waals surface area contributed by atoms with Gasteiger partial charge in [-0.1, -0.05) is 12.1 Å². The summed E-state index contributed by atoms with van der Waals surface area (Å²) in [4.78, 5) is 4.58. The number of hydrogen-bond donors (Lipinski definition) is 2. The van der Waals surface area contributed by atoms with Crippen LogP contribution < -0.4 is 15.4 Å². The van der Waals surface area contributed by atoms with Crippen molar-refractivity contribution in [2.45, 2.75) is 53.2 Å². The molecule has 4 heteroatoms. The zero-order valence-corrected chi connectivity index (χ0v) is 13.9. The molecule has 0 aromatic heterocycles.